The summed E-state index contributed by atoms with van der Waals surface area (Å²) in [5, 5.41) is 8.40. The van der Waals surface area contributed by atoms with Crippen LogP contribution in [-0.4, -0.2) is 35.1 Å². The fourth-order valence-electron chi connectivity index (χ4n) is 3.59. The third kappa shape index (κ3) is 8.31. The molecule has 3 N–H and O–H groups in total. The molecular formula is C31H28N4O4S. The maximum Gasteiger partial charge on any atom is 0.272 e. The van der Waals surface area contributed by atoms with Crippen molar-refractivity contribution in [1.82, 2.24) is 10.3 Å². The lowest BCUT2D eigenvalue weighted by atomic mass is 10.2. The highest BCUT2D eigenvalue weighted by Gasteiger charge is 2.15. The molecule has 1 aromatic heterocycles. The van der Waals surface area contributed by atoms with Gasteiger partial charge in [-0.2, -0.15) is 0 Å². The van der Waals surface area contributed by atoms with Gasteiger partial charge in [0.15, 0.2) is 0 Å². The monoisotopic (exact) mass is 552 g/mol. The molecule has 4 aromatic rings. The summed E-state index contributed by atoms with van der Waals surface area (Å²) >= 11 is 1.37. The van der Waals surface area contributed by atoms with Crippen LogP contribution in [0.15, 0.2) is 114 Å². The van der Waals surface area contributed by atoms with E-state index in [1.807, 2.05) is 43.3 Å². The number of hydrogen-bond donors (Lipinski definition) is 3. The van der Waals surface area contributed by atoms with Crippen LogP contribution in [0.4, 0.5) is 11.4 Å². The van der Waals surface area contributed by atoms with Crippen molar-refractivity contribution in [3.63, 3.8) is 0 Å². The summed E-state index contributed by atoms with van der Waals surface area (Å²) in [5.41, 5.74) is 2.33. The minimum absolute atomic E-state index is 0.0734. The molecule has 9 heteroatoms. The Morgan fingerprint density at radius 2 is 1.62 bits per heavy atom. The molecule has 3 aromatic carbocycles. The number of hydrogen-bond acceptors (Lipinski definition) is 6. The molecule has 0 aliphatic carbocycles. The van der Waals surface area contributed by atoms with Crippen molar-refractivity contribution in [2.45, 2.75) is 11.8 Å². The zero-order chi connectivity index (χ0) is 28.2. The quantitative estimate of drug-likeness (QED) is 0.165. The number of nitrogens with zero attached hydrogens (tertiary/aromatic N) is 1. The largest absolute Gasteiger partial charge is 0.492 e. The number of nitrogens with one attached hydrogen (secondary N) is 3. The van der Waals surface area contributed by atoms with Gasteiger partial charge in [0.25, 0.3) is 11.8 Å². The smallest absolute Gasteiger partial charge is 0.272 e. The summed E-state index contributed by atoms with van der Waals surface area (Å²) in [6.07, 6.45) is 4.79. The van der Waals surface area contributed by atoms with Crippen LogP contribution in [0.1, 0.15) is 22.8 Å². The van der Waals surface area contributed by atoms with E-state index in [1.54, 1.807) is 73.1 Å². The van der Waals surface area contributed by atoms with E-state index < -0.39 is 11.8 Å². The van der Waals surface area contributed by atoms with E-state index in [2.05, 4.69) is 20.9 Å². The molecule has 3 amide bonds. The lowest BCUT2D eigenvalue weighted by Crippen LogP contribution is -2.30. The summed E-state index contributed by atoms with van der Waals surface area (Å²) in [7, 11) is 0. The first kappa shape index (κ1) is 28.1. The number of ether oxygens (including phenoxy) is 1. The Labute approximate surface area is 236 Å². The summed E-state index contributed by atoms with van der Waals surface area (Å²) in [5.74, 6) is -0.217. The number of carbonyl (C=O) groups excluding carboxylic acids is 3. The van der Waals surface area contributed by atoms with E-state index in [-0.39, 0.29) is 17.4 Å². The predicted octanol–water partition coefficient (Wildman–Crippen LogP) is 5.62. The molecule has 0 spiro atoms. The van der Waals surface area contributed by atoms with Gasteiger partial charge in [-0.25, -0.2) is 0 Å². The number of aromatic nitrogens is 1. The van der Waals surface area contributed by atoms with Gasteiger partial charge in [-0.05, 0) is 73.2 Å². The topological polar surface area (TPSA) is 109 Å². The highest BCUT2D eigenvalue weighted by atomic mass is 32.2. The van der Waals surface area contributed by atoms with Gasteiger partial charge < -0.3 is 20.7 Å². The van der Waals surface area contributed by atoms with Gasteiger partial charge >= 0.3 is 0 Å². The molecule has 202 valence electrons. The van der Waals surface area contributed by atoms with Gasteiger partial charge in [-0.1, -0.05) is 36.4 Å². The number of para-hydroxylation sites is 2. The molecule has 0 aliphatic heterocycles. The molecule has 0 saturated carbocycles. The van der Waals surface area contributed by atoms with Crippen molar-refractivity contribution < 1.29 is 19.1 Å². The van der Waals surface area contributed by atoms with Gasteiger partial charge in [0, 0.05) is 28.5 Å². The Hall–Kier alpha value is -4.89. The second-order valence-corrected chi connectivity index (χ2v) is 9.46. The molecule has 8 nitrogen and oxygen atoms in total. The number of pyridine rings is 1. The predicted molar refractivity (Wildman–Crippen MR) is 158 cm³/mol. The highest BCUT2D eigenvalue weighted by Crippen LogP contribution is 2.25. The molecule has 1 heterocycles. The summed E-state index contributed by atoms with van der Waals surface area (Å²) in [4.78, 5) is 43.3. The molecule has 0 bridgehead atoms. The molecule has 0 atom stereocenters. The fourth-order valence-corrected chi connectivity index (χ4v) is 4.29. The molecular weight excluding hydrogens is 524 g/mol. The SMILES string of the molecule is CCOc1ccccc1NC(=O)CSc1ccc(NC(=O)/C(=C/c2cccnc2)NC(=O)c2ccccc2)cc1. The molecule has 0 aliphatic rings. The number of rotatable bonds is 11. The maximum atomic E-state index is 13.1. The van der Waals surface area contributed by atoms with Crippen molar-refractivity contribution in [1.29, 1.82) is 0 Å². The van der Waals surface area contributed by atoms with Crippen LogP contribution in [0.25, 0.3) is 6.08 Å². The summed E-state index contributed by atoms with van der Waals surface area (Å²) < 4.78 is 5.55. The Morgan fingerprint density at radius 1 is 0.875 bits per heavy atom. The second kappa shape index (κ2) is 14.3. The third-order valence-corrected chi connectivity index (χ3v) is 6.48. The van der Waals surface area contributed by atoms with E-state index in [4.69, 9.17) is 4.74 Å². The van der Waals surface area contributed by atoms with E-state index in [0.717, 1.165) is 4.90 Å². The van der Waals surface area contributed by atoms with E-state index in [9.17, 15) is 14.4 Å². The van der Waals surface area contributed by atoms with Gasteiger partial charge in [-0.3, -0.25) is 19.4 Å². The zero-order valence-corrected chi connectivity index (χ0v) is 22.6. The molecule has 4 rings (SSSR count). The minimum Gasteiger partial charge on any atom is -0.492 e. The number of carbonyl (C=O) groups is 3. The maximum absolute atomic E-state index is 13.1. The Kier molecular flexibility index (Phi) is 10.1. The molecule has 0 radical (unpaired) electrons. The fraction of sp³-hybridized carbons (Fsp3) is 0.0968. The first-order valence-electron chi connectivity index (χ1n) is 12.6. The van der Waals surface area contributed by atoms with Crippen LogP contribution in [0.3, 0.4) is 0 Å². The first-order chi connectivity index (χ1) is 19.5. The standard InChI is InChI=1S/C31H28N4O4S/c1-2-39-28-13-7-6-12-26(28)34-29(36)21-40-25-16-14-24(15-17-25)33-31(38)27(19-22-9-8-18-32-20-22)35-30(37)23-10-4-3-5-11-23/h3-20H,2,21H2,1H3,(H,33,38)(H,34,36)(H,35,37)/b27-19-. The van der Waals surface area contributed by atoms with Gasteiger partial charge in [0.05, 0.1) is 18.0 Å². The number of benzene rings is 3. The van der Waals surface area contributed by atoms with Gasteiger partial charge in [0.2, 0.25) is 5.91 Å². The van der Waals surface area contributed by atoms with Crippen molar-refractivity contribution in [2.75, 3.05) is 23.0 Å². The normalized spacial score (nSPS) is 10.9. The lowest BCUT2D eigenvalue weighted by Gasteiger charge is -2.12. The molecule has 0 fully saturated rings. The van der Waals surface area contributed by atoms with Crippen LogP contribution in [-0.2, 0) is 9.59 Å². The van der Waals surface area contributed by atoms with E-state index in [0.29, 0.717) is 34.9 Å². The average molecular weight is 553 g/mol. The zero-order valence-electron chi connectivity index (χ0n) is 21.8. The highest BCUT2D eigenvalue weighted by molar-refractivity contribution is 8.00. The third-order valence-electron chi connectivity index (χ3n) is 5.47. The van der Waals surface area contributed by atoms with E-state index in [1.165, 1.54) is 11.8 Å². The van der Waals surface area contributed by atoms with Gasteiger partial charge in [-0.15, -0.1) is 11.8 Å². The summed E-state index contributed by atoms with van der Waals surface area (Å²) in [6.45, 7) is 2.39. The molecule has 0 unspecified atom stereocenters. The van der Waals surface area contributed by atoms with Crippen LogP contribution in [0.2, 0.25) is 0 Å². The number of amides is 3. The van der Waals surface area contributed by atoms with Crippen LogP contribution in [0.5, 0.6) is 5.75 Å². The van der Waals surface area contributed by atoms with Crippen molar-refractivity contribution >= 4 is 46.9 Å². The Bertz CT molecular complexity index is 1480. The second-order valence-electron chi connectivity index (χ2n) is 8.41. The van der Waals surface area contributed by atoms with Crippen molar-refractivity contribution in [3.05, 3.63) is 120 Å². The summed E-state index contributed by atoms with van der Waals surface area (Å²) in [6, 6.07) is 26.6. The van der Waals surface area contributed by atoms with Gasteiger partial charge in [0.1, 0.15) is 11.4 Å². The average Bonchev–Trinajstić information content (AvgIpc) is 2.98. The van der Waals surface area contributed by atoms with Crippen LogP contribution in [0, 0.1) is 0 Å². The van der Waals surface area contributed by atoms with Crippen LogP contribution < -0.4 is 20.7 Å². The number of anilines is 2. The number of thioether (sulfide) groups is 1. The van der Waals surface area contributed by atoms with Crippen LogP contribution >= 0.6 is 11.8 Å². The van der Waals surface area contributed by atoms with Crippen molar-refractivity contribution in [2.24, 2.45) is 0 Å². The molecule has 40 heavy (non-hydrogen) atoms. The first-order valence-corrected chi connectivity index (χ1v) is 13.5. The lowest BCUT2D eigenvalue weighted by molar-refractivity contribution is -0.114. The minimum atomic E-state index is -0.485. The molecule has 0 saturated heterocycles. The van der Waals surface area contributed by atoms with E-state index >= 15 is 0 Å². The Morgan fingerprint density at radius 3 is 2.35 bits per heavy atom. The van der Waals surface area contributed by atoms with Crippen molar-refractivity contribution in [3.8, 4) is 5.75 Å². The Balaban J connectivity index is 1.37.